The molecule has 1 heterocycles. The summed E-state index contributed by atoms with van der Waals surface area (Å²) in [7, 11) is 0. The Morgan fingerprint density at radius 3 is 2.58 bits per heavy atom. The summed E-state index contributed by atoms with van der Waals surface area (Å²) in [6.07, 6.45) is -4.54. The fourth-order valence-electron chi connectivity index (χ4n) is 3.23. The minimum absolute atomic E-state index is 0.0266. The molecule has 0 bridgehead atoms. The number of rotatable bonds is 4. The first-order valence-electron chi connectivity index (χ1n) is 8.43. The molecule has 3 rings (SSSR count). The highest BCUT2D eigenvalue weighted by atomic mass is 19.4. The molecule has 0 aromatic heterocycles. The number of carbonyl (C=O) groups is 1. The number of hydrogen-bond donors (Lipinski definition) is 1. The van der Waals surface area contributed by atoms with Crippen LogP contribution in [0.4, 0.5) is 13.2 Å². The summed E-state index contributed by atoms with van der Waals surface area (Å²) in [5.74, 6) is 0.126. The standard InChI is InChI=1S/C19H21F3N2O2/c1-4-26-15-7-5-6-12-8-9-13(10-14(12)15)16(19(20,21)22)24-11-18(2,3)17(25)23-24/h5-10,16H,4,11H2,1-3H3,(H,23,25). The molecule has 1 atom stereocenters. The van der Waals surface area contributed by atoms with Crippen LogP contribution >= 0.6 is 0 Å². The van der Waals surface area contributed by atoms with Crippen molar-refractivity contribution in [3.8, 4) is 5.75 Å². The molecule has 1 saturated heterocycles. The molecule has 0 spiro atoms. The quantitative estimate of drug-likeness (QED) is 0.881. The topological polar surface area (TPSA) is 41.6 Å². The van der Waals surface area contributed by atoms with Crippen molar-refractivity contribution in [1.29, 1.82) is 0 Å². The molecule has 0 saturated carbocycles. The number of amides is 1. The van der Waals surface area contributed by atoms with E-state index in [1.165, 1.54) is 12.1 Å². The lowest BCUT2D eigenvalue weighted by Gasteiger charge is -2.30. The van der Waals surface area contributed by atoms with E-state index in [1.54, 1.807) is 32.0 Å². The Labute approximate surface area is 149 Å². The molecule has 1 unspecified atom stereocenters. The van der Waals surface area contributed by atoms with Gasteiger partial charge in [0.15, 0.2) is 0 Å². The first-order chi connectivity index (χ1) is 12.1. The zero-order chi connectivity index (χ0) is 19.1. The first kappa shape index (κ1) is 18.5. The molecule has 0 radical (unpaired) electrons. The number of nitrogens with zero attached hydrogens (tertiary/aromatic N) is 1. The average molecular weight is 366 g/mol. The summed E-state index contributed by atoms with van der Waals surface area (Å²) >= 11 is 0. The Kier molecular flexibility index (Phi) is 4.60. The molecule has 26 heavy (non-hydrogen) atoms. The van der Waals surface area contributed by atoms with E-state index in [9.17, 15) is 18.0 Å². The van der Waals surface area contributed by atoms with Gasteiger partial charge in [-0.2, -0.15) is 13.2 Å². The maximum Gasteiger partial charge on any atom is 0.409 e. The number of ether oxygens (including phenoxy) is 1. The Balaban J connectivity index is 2.08. The lowest BCUT2D eigenvalue weighted by Crippen LogP contribution is -2.43. The summed E-state index contributed by atoms with van der Waals surface area (Å²) in [6.45, 7) is 5.47. The fraction of sp³-hybridized carbons (Fsp3) is 0.421. The van der Waals surface area contributed by atoms with Crippen molar-refractivity contribution in [3.63, 3.8) is 0 Å². The van der Waals surface area contributed by atoms with E-state index in [2.05, 4.69) is 5.43 Å². The minimum Gasteiger partial charge on any atom is -0.493 e. The van der Waals surface area contributed by atoms with E-state index < -0.39 is 23.5 Å². The number of halogens is 3. The van der Waals surface area contributed by atoms with Crippen molar-refractivity contribution in [3.05, 3.63) is 42.0 Å². The van der Waals surface area contributed by atoms with Crippen molar-refractivity contribution in [1.82, 2.24) is 10.4 Å². The lowest BCUT2D eigenvalue weighted by atomic mass is 9.93. The normalized spacial score (nSPS) is 18.8. The average Bonchev–Trinajstić information content (AvgIpc) is 2.79. The van der Waals surface area contributed by atoms with Gasteiger partial charge in [-0.15, -0.1) is 0 Å². The molecular weight excluding hydrogens is 345 g/mol. The Morgan fingerprint density at radius 1 is 1.27 bits per heavy atom. The van der Waals surface area contributed by atoms with Crippen LogP contribution in [-0.2, 0) is 4.79 Å². The summed E-state index contributed by atoms with van der Waals surface area (Å²) in [6, 6.07) is 8.03. The smallest absolute Gasteiger partial charge is 0.409 e. The van der Waals surface area contributed by atoms with Gasteiger partial charge in [0.05, 0.1) is 12.0 Å². The zero-order valence-corrected chi connectivity index (χ0v) is 14.9. The number of hydrogen-bond acceptors (Lipinski definition) is 3. The largest absolute Gasteiger partial charge is 0.493 e. The monoisotopic (exact) mass is 366 g/mol. The van der Waals surface area contributed by atoms with Gasteiger partial charge in [0.1, 0.15) is 11.8 Å². The second-order valence-electron chi connectivity index (χ2n) is 7.07. The molecule has 0 aliphatic carbocycles. The third-order valence-corrected chi connectivity index (χ3v) is 4.53. The van der Waals surface area contributed by atoms with Crippen molar-refractivity contribution in [2.24, 2.45) is 5.41 Å². The van der Waals surface area contributed by atoms with Crippen LogP contribution in [0.1, 0.15) is 32.4 Å². The van der Waals surface area contributed by atoms with Gasteiger partial charge in [0.2, 0.25) is 5.91 Å². The summed E-state index contributed by atoms with van der Waals surface area (Å²) in [5.41, 5.74) is 1.57. The van der Waals surface area contributed by atoms with Crippen LogP contribution < -0.4 is 10.2 Å². The minimum atomic E-state index is -4.54. The van der Waals surface area contributed by atoms with E-state index in [0.29, 0.717) is 17.7 Å². The second kappa shape index (κ2) is 6.46. The first-order valence-corrected chi connectivity index (χ1v) is 8.43. The molecular formula is C19H21F3N2O2. The number of hydrazine groups is 1. The van der Waals surface area contributed by atoms with Gasteiger partial charge >= 0.3 is 6.18 Å². The lowest BCUT2D eigenvalue weighted by molar-refractivity contribution is -0.191. The van der Waals surface area contributed by atoms with Gasteiger partial charge in [-0.25, -0.2) is 5.01 Å². The number of benzene rings is 2. The highest BCUT2D eigenvalue weighted by Gasteiger charge is 2.51. The maximum absolute atomic E-state index is 13.9. The van der Waals surface area contributed by atoms with Gasteiger partial charge in [-0.05, 0) is 43.9 Å². The van der Waals surface area contributed by atoms with Gasteiger partial charge in [-0.1, -0.05) is 24.3 Å². The van der Waals surface area contributed by atoms with E-state index in [0.717, 1.165) is 10.4 Å². The van der Waals surface area contributed by atoms with Crippen molar-refractivity contribution in [2.45, 2.75) is 33.0 Å². The van der Waals surface area contributed by atoms with E-state index in [1.807, 2.05) is 13.0 Å². The molecule has 4 nitrogen and oxygen atoms in total. The van der Waals surface area contributed by atoms with Crippen LogP contribution in [0, 0.1) is 5.41 Å². The molecule has 1 aliphatic heterocycles. The van der Waals surface area contributed by atoms with Crippen molar-refractivity contribution < 1.29 is 22.7 Å². The van der Waals surface area contributed by atoms with Crippen LogP contribution in [-0.4, -0.2) is 30.2 Å². The van der Waals surface area contributed by atoms with Gasteiger partial charge in [0.25, 0.3) is 0 Å². The third kappa shape index (κ3) is 3.35. The van der Waals surface area contributed by atoms with E-state index in [4.69, 9.17) is 4.74 Å². The number of carbonyl (C=O) groups excluding carboxylic acids is 1. The fourth-order valence-corrected chi connectivity index (χ4v) is 3.23. The third-order valence-electron chi connectivity index (χ3n) is 4.53. The molecule has 2 aromatic carbocycles. The van der Waals surface area contributed by atoms with E-state index in [-0.39, 0.29) is 12.1 Å². The molecule has 2 aromatic rings. The van der Waals surface area contributed by atoms with Gasteiger partial charge < -0.3 is 4.74 Å². The molecule has 1 amide bonds. The highest BCUT2D eigenvalue weighted by Crippen LogP contribution is 2.41. The number of fused-ring (bicyclic) bond motifs is 1. The number of nitrogens with one attached hydrogen (secondary N) is 1. The second-order valence-corrected chi connectivity index (χ2v) is 7.07. The molecule has 1 N–H and O–H groups in total. The molecule has 1 aliphatic rings. The van der Waals surface area contributed by atoms with Crippen molar-refractivity contribution >= 4 is 16.7 Å². The maximum atomic E-state index is 13.9. The Hall–Kier alpha value is -2.28. The Bertz CT molecular complexity index is 833. The van der Waals surface area contributed by atoms with Crippen LogP contribution in [0.3, 0.4) is 0 Å². The number of alkyl halides is 3. The molecule has 1 fully saturated rings. The Morgan fingerprint density at radius 2 is 2.00 bits per heavy atom. The highest BCUT2D eigenvalue weighted by molar-refractivity contribution is 5.89. The predicted octanol–water partition coefficient (Wildman–Crippen LogP) is 4.21. The SMILES string of the molecule is CCOc1cccc2ccc(C(N3CC(C)(C)C(=O)N3)C(F)(F)F)cc12. The van der Waals surface area contributed by atoms with Crippen molar-refractivity contribution in [2.75, 3.05) is 13.2 Å². The van der Waals surface area contributed by atoms with Crippen LogP contribution in [0.2, 0.25) is 0 Å². The van der Waals surface area contributed by atoms with Crippen LogP contribution in [0.15, 0.2) is 36.4 Å². The molecule has 140 valence electrons. The summed E-state index contributed by atoms with van der Waals surface area (Å²) < 4.78 is 47.1. The van der Waals surface area contributed by atoms with Crippen LogP contribution in [0.25, 0.3) is 10.8 Å². The summed E-state index contributed by atoms with van der Waals surface area (Å²) in [5, 5.41) is 2.39. The van der Waals surface area contributed by atoms with E-state index >= 15 is 0 Å². The molecule has 7 heteroatoms. The van der Waals surface area contributed by atoms with Crippen LogP contribution in [0.5, 0.6) is 5.75 Å². The summed E-state index contributed by atoms with van der Waals surface area (Å²) in [4.78, 5) is 12.0. The zero-order valence-electron chi connectivity index (χ0n) is 14.9. The van der Waals surface area contributed by atoms with Gasteiger partial charge in [-0.3, -0.25) is 10.2 Å². The van der Waals surface area contributed by atoms with Gasteiger partial charge in [0, 0.05) is 11.9 Å². The predicted molar refractivity (Wildman–Crippen MR) is 92.5 cm³/mol.